The minimum atomic E-state index is -3.73. The number of hydrogen-bond donors (Lipinski definition) is 1. The van der Waals surface area contributed by atoms with Crippen LogP contribution < -0.4 is 14.3 Å². The summed E-state index contributed by atoms with van der Waals surface area (Å²) in [6.45, 7) is 2.87. The average Bonchev–Trinajstić information content (AvgIpc) is 2.61. The third kappa shape index (κ3) is 3.51. The quantitative estimate of drug-likeness (QED) is 0.844. The lowest BCUT2D eigenvalue weighted by molar-refractivity contribution is 0.320. The van der Waals surface area contributed by atoms with Gasteiger partial charge >= 0.3 is 0 Å². The predicted molar refractivity (Wildman–Crippen MR) is 91.0 cm³/mol. The molecule has 1 heterocycles. The molecule has 24 heavy (non-hydrogen) atoms. The van der Waals surface area contributed by atoms with E-state index in [0.717, 1.165) is 5.56 Å². The Morgan fingerprint density at radius 1 is 1.17 bits per heavy atom. The number of fused-ring (bicyclic) bond motifs is 1. The highest BCUT2D eigenvalue weighted by atomic mass is 32.2. The molecule has 0 saturated heterocycles. The highest BCUT2D eigenvalue weighted by Gasteiger charge is 2.18. The van der Waals surface area contributed by atoms with Crippen molar-refractivity contribution in [3.63, 3.8) is 0 Å². The van der Waals surface area contributed by atoms with E-state index in [4.69, 9.17) is 9.47 Å². The Bertz CT molecular complexity index is 845. The fraction of sp³-hybridized carbons (Fsp3) is 0.235. The monoisotopic (exact) mass is 346 g/mol. The van der Waals surface area contributed by atoms with Crippen LogP contribution in [0.5, 0.6) is 11.5 Å². The van der Waals surface area contributed by atoms with Gasteiger partial charge in [-0.25, -0.2) is 0 Å². The molecule has 0 saturated carbocycles. The van der Waals surface area contributed by atoms with E-state index in [1.807, 2.05) is 31.2 Å². The summed E-state index contributed by atoms with van der Waals surface area (Å²) in [6, 6.07) is 13.7. The Balaban J connectivity index is 1.80. The lowest BCUT2D eigenvalue weighted by Gasteiger charge is -2.18. The topological polar surface area (TPSA) is 77.0 Å². The second-order valence-electron chi connectivity index (χ2n) is 5.15. The molecule has 126 valence electrons. The summed E-state index contributed by atoms with van der Waals surface area (Å²) in [5.41, 5.74) is 1.46. The molecule has 0 aromatic heterocycles. The van der Waals surface area contributed by atoms with E-state index in [-0.39, 0.29) is 4.90 Å². The molecule has 0 radical (unpaired) electrons. The Labute approximate surface area is 141 Å². The zero-order chi connectivity index (χ0) is 17.0. The van der Waals surface area contributed by atoms with E-state index >= 15 is 0 Å². The minimum absolute atomic E-state index is 0.135. The van der Waals surface area contributed by atoms with Gasteiger partial charge in [-0.3, -0.25) is 0 Å². The summed E-state index contributed by atoms with van der Waals surface area (Å²) in [4.78, 5) is 2.44. The van der Waals surface area contributed by atoms with Gasteiger partial charge in [0.05, 0.1) is 23.8 Å². The van der Waals surface area contributed by atoms with E-state index < -0.39 is 10.0 Å². The van der Waals surface area contributed by atoms with Crippen LogP contribution in [0.25, 0.3) is 0 Å². The predicted octanol–water partition coefficient (Wildman–Crippen LogP) is 2.55. The van der Waals surface area contributed by atoms with Crippen molar-refractivity contribution < 1.29 is 17.9 Å². The van der Waals surface area contributed by atoms with Crippen molar-refractivity contribution in [2.45, 2.75) is 18.2 Å². The van der Waals surface area contributed by atoms with Crippen LogP contribution in [-0.2, 0) is 10.0 Å². The molecule has 0 atom stereocenters. The van der Waals surface area contributed by atoms with E-state index in [1.165, 1.54) is 12.1 Å². The molecule has 0 spiro atoms. The molecule has 2 aromatic rings. The summed E-state index contributed by atoms with van der Waals surface area (Å²) in [5.74, 6) is 1.34. The van der Waals surface area contributed by atoms with Gasteiger partial charge in [0, 0.05) is 12.0 Å². The first kappa shape index (κ1) is 16.3. The largest absolute Gasteiger partial charge is 0.494 e. The Kier molecular flexibility index (Phi) is 4.71. The Morgan fingerprint density at radius 3 is 2.67 bits per heavy atom. The van der Waals surface area contributed by atoms with E-state index in [0.29, 0.717) is 36.8 Å². The van der Waals surface area contributed by atoms with Gasteiger partial charge in [-0.1, -0.05) is 12.1 Å². The molecule has 0 unspecified atom stereocenters. The molecular weight excluding hydrogens is 328 g/mol. The van der Waals surface area contributed by atoms with Crippen LogP contribution in [0.15, 0.2) is 58.5 Å². The van der Waals surface area contributed by atoms with Crippen molar-refractivity contribution in [1.29, 1.82) is 0 Å². The number of sulfonamides is 1. The zero-order valence-corrected chi connectivity index (χ0v) is 14.0. The lowest BCUT2D eigenvalue weighted by Crippen LogP contribution is -2.23. The molecule has 3 rings (SSSR count). The molecule has 6 nitrogen and oxygen atoms in total. The van der Waals surface area contributed by atoms with Crippen LogP contribution in [-0.4, -0.2) is 27.3 Å². The zero-order valence-electron chi connectivity index (χ0n) is 13.2. The summed E-state index contributed by atoms with van der Waals surface area (Å²) in [7, 11) is -3.73. The lowest BCUT2D eigenvalue weighted by atomic mass is 10.0. The minimum Gasteiger partial charge on any atom is -0.494 e. The number of para-hydroxylation sites is 1. The molecule has 7 heteroatoms. The van der Waals surface area contributed by atoms with Gasteiger partial charge in [0.25, 0.3) is 10.0 Å². The van der Waals surface area contributed by atoms with Crippen LogP contribution in [0.1, 0.15) is 18.9 Å². The third-order valence-corrected chi connectivity index (χ3v) is 4.76. The van der Waals surface area contributed by atoms with Crippen molar-refractivity contribution in [2.75, 3.05) is 13.2 Å². The molecule has 0 aliphatic carbocycles. The summed E-state index contributed by atoms with van der Waals surface area (Å²) < 4.78 is 35.6. The second-order valence-corrected chi connectivity index (χ2v) is 6.81. The maximum absolute atomic E-state index is 12.4. The van der Waals surface area contributed by atoms with Gasteiger partial charge in [-0.15, -0.1) is 0 Å². The number of rotatable bonds is 5. The highest BCUT2D eigenvalue weighted by molar-refractivity contribution is 7.89. The van der Waals surface area contributed by atoms with E-state index in [2.05, 4.69) is 9.93 Å². The summed E-state index contributed by atoms with van der Waals surface area (Å²) >= 11 is 0. The van der Waals surface area contributed by atoms with Crippen LogP contribution in [0.2, 0.25) is 0 Å². The molecule has 0 bridgehead atoms. The van der Waals surface area contributed by atoms with Crippen molar-refractivity contribution in [3.05, 3.63) is 54.1 Å². The van der Waals surface area contributed by atoms with Crippen LogP contribution in [0.4, 0.5) is 0 Å². The first-order valence-corrected chi connectivity index (χ1v) is 9.12. The van der Waals surface area contributed by atoms with Gasteiger partial charge in [0.2, 0.25) is 0 Å². The van der Waals surface area contributed by atoms with Gasteiger partial charge in [-0.05, 0) is 43.3 Å². The third-order valence-electron chi connectivity index (χ3n) is 3.54. The molecular formula is C17H18N2O4S. The van der Waals surface area contributed by atoms with Crippen LogP contribution in [0.3, 0.4) is 0 Å². The normalized spacial score (nSPS) is 15.5. The van der Waals surface area contributed by atoms with Crippen molar-refractivity contribution in [2.24, 2.45) is 5.10 Å². The molecule has 2 aromatic carbocycles. The average molecular weight is 346 g/mol. The number of benzene rings is 2. The van der Waals surface area contributed by atoms with Crippen LogP contribution >= 0.6 is 0 Å². The number of hydrazone groups is 1. The Morgan fingerprint density at radius 2 is 1.92 bits per heavy atom. The van der Waals surface area contributed by atoms with Gasteiger partial charge in [0.1, 0.15) is 11.5 Å². The molecule has 1 aliphatic rings. The molecule has 0 fully saturated rings. The molecule has 0 amide bonds. The smallest absolute Gasteiger partial charge is 0.276 e. The standard InChI is InChI=1S/C17H18N2O4S/c1-2-22-13-7-9-14(10-8-13)24(20,21)19-18-16-11-12-23-17-6-4-3-5-15(16)17/h3-10,19H,2,11-12H2,1H3. The molecule has 1 N–H and O–H groups in total. The number of hydrogen-bond acceptors (Lipinski definition) is 5. The second kappa shape index (κ2) is 6.92. The van der Waals surface area contributed by atoms with E-state index in [9.17, 15) is 8.42 Å². The Hall–Kier alpha value is -2.54. The maximum atomic E-state index is 12.4. The van der Waals surface area contributed by atoms with Crippen molar-refractivity contribution in [3.8, 4) is 11.5 Å². The first-order valence-electron chi connectivity index (χ1n) is 7.63. The summed E-state index contributed by atoms with van der Waals surface area (Å²) in [5, 5.41) is 4.10. The van der Waals surface area contributed by atoms with Crippen molar-refractivity contribution in [1.82, 2.24) is 4.83 Å². The summed E-state index contributed by atoms with van der Waals surface area (Å²) in [6.07, 6.45) is 0.544. The number of ether oxygens (including phenoxy) is 2. The SMILES string of the molecule is CCOc1ccc(S(=O)(=O)NN=C2CCOc3ccccc32)cc1. The van der Waals surface area contributed by atoms with Gasteiger partial charge in [-0.2, -0.15) is 18.4 Å². The first-order chi connectivity index (χ1) is 11.6. The van der Waals surface area contributed by atoms with Crippen molar-refractivity contribution >= 4 is 15.7 Å². The number of nitrogens with zero attached hydrogens (tertiary/aromatic N) is 1. The highest BCUT2D eigenvalue weighted by Crippen LogP contribution is 2.24. The van der Waals surface area contributed by atoms with Gasteiger partial charge in [0.15, 0.2) is 0 Å². The molecule has 1 aliphatic heterocycles. The maximum Gasteiger partial charge on any atom is 0.276 e. The number of nitrogens with one attached hydrogen (secondary N) is 1. The van der Waals surface area contributed by atoms with E-state index in [1.54, 1.807) is 12.1 Å². The van der Waals surface area contributed by atoms with Gasteiger partial charge < -0.3 is 9.47 Å². The van der Waals surface area contributed by atoms with Crippen LogP contribution in [0, 0.1) is 0 Å². The fourth-order valence-electron chi connectivity index (χ4n) is 2.39. The fourth-order valence-corrected chi connectivity index (χ4v) is 3.22.